The molecule has 0 saturated carbocycles. The fourth-order valence-corrected chi connectivity index (χ4v) is 9.26. The lowest BCUT2D eigenvalue weighted by atomic mass is 9.78. The largest absolute Gasteiger partial charge is 0.374 e. The predicted molar refractivity (Wildman–Crippen MR) is 137 cm³/mol. The third-order valence-corrected chi connectivity index (χ3v) is 10.5. The van der Waals surface area contributed by atoms with Crippen LogP contribution in [0.15, 0.2) is 70.7 Å². The van der Waals surface area contributed by atoms with E-state index in [1.807, 2.05) is 35.1 Å². The van der Waals surface area contributed by atoms with E-state index in [4.69, 9.17) is 5.10 Å². The van der Waals surface area contributed by atoms with Crippen molar-refractivity contribution in [2.75, 3.05) is 29.1 Å². The van der Waals surface area contributed by atoms with Crippen LogP contribution in [0.3, 0.4) is 0 Å². The van der Waals surface area contributed by atoms with Gasteiger partial charge in [-0.15, -0.1) is 0 Å². The van der Waals surface area contributed by atoms with Crippen LogP contribution in [0, 0.1) is 5.41 Å². The van der Waals surface area contributed by atoms with Gasteiger partial charge in [0.2, 0.25) is 0 Å². The highest BCUT2D eigenvalue weighted by Gasteiger charge is 2.54. The Kier molecular flexibility index (Phi) is 4.95. The topological polar surface area (TPSA) is 39.2 Å². The van der Waals surface area contributed by atoms with Crippen molar-refractivity contribution in [2.24, 2.45) is 10.5 Å². The van der Waals surface area contributed by atoms with Crippen molar-refractivity contribution in [3.8, 4) is 0 Å². The third-order valence-electron chi connectivity index (χ3n) is 7.49. The van der Waals surface area contributed by atoms with E-state index >= 15 is 4.57 Å². The molecule has 1 fully saturated rings. The summed E-state index contributed by atoms with van der Waals surface area (Å²) in [7, 11) is -3.21. The van der Waals surface area contributed by atoms with Crippen molar-refractivity contribution in [1.82, 2.24) is 4.90 Å². The molecule has 0 spiro atoms. The van der Waals surface area contributed by atoms with Crippen molar-refractivity contribution >= 4 is 24.5 Å². The van der Waals surface area contributed by atoms with E-state index in [9.17, 15) is 0 Å². The van der Waals surface area contributed by atoms with Gasteiger partial charge >= 0.3 is 7.44 Å². The highest BCUT2D eigenvalue weighted by molar-refractivity contribution is 7.73. The zero-order chi connectivity index (χ0) is 22.6. The zero-order valence-corrected chi connectivity index (χ0v) is 20.6. The number of hydrogen-bond acceptors (Lipinski definition) is 3. The second-order valence-corrected chi connectivity index (χ2v) is 13.0. The molecule has 6 rings (SSSR count). The Bertz CT molecular complexity index is 1180. The molecule has 6 heteroatoms. The smallest absolute Gasteiger partial charge is 0.316 e. The second-order valence-electron chi connectivity index (χ2n) is 10.6. The molecule has 3 aliphatic heterocycles. The summed E-state index contributed by atoms with van der Waals surface area (Å²) >= 11 is 0. The SMILES string of the molecule is CC1(C)CC2=NN(c3ccccc3)P(=O)(N3CCCc4ccccc43)C2=C(N2CCCC2)C1. The lowest BCUT2D eigenvalue weighted by Gasteiger charge is -2.43. The van der Waals surface area contributed by atoms with Gasteiger partial charge in [-0.1, -0.05) is 50.2 Å². The molecule has 33 heavy (non-hydrogen) atoms. The van der Waals surface area contributed by atoms with Gasteiger partial charge < -0.3 is 9.57 Å². The fraction of sp³-hybridized carbons (Fsp3) is 0.444. The minimum absolute atomic E-state index is 0.109. The van der Waals surface area contributed by atoms with Crippen LogP contribution >= 0.6 is 7.44 Å². The summed E-state index contributed by atoms with van der Waals surface area (Å²) in [5.74, 6) is 0. The minimum Gasteiger partial charge on any atom is -0.374 e. The summed E-state index contributed by atoms with van der Waals surface area (Å²) in [6, 6.07) is 18.7. The monoisotopic (exact) mass is 460 g/mol. The van der Waals surface area contributed by atoms with E-state index in [0.717, 1.165) is 67.7 Å². The Hall–Kier alpha value is -2.52. The van der Waals surface area contributed by atoms with Gasteiger partial charge in [-0.3, -0.25) is 4.57 Å². The van der Waals surface area contributed by atoms with Crippen molar-refractivity contribution in [2.45, 2.75) is 52.4 Å². The first-order valence-corrected chi connectivity index (χ1v) is 14.0. The average Bonchev–Trinajstić information content (AvgIpc) is 3.45. The van der Waals surface area contributed by atoms with Crippen LogP contribution in [-0.4, -0.2) is 30.2 Å². The molecule has 0 bridgehead atoms. The van der Waals surface area contributed by atoms with Gasteiger partial charge in [0.1, 0.15) is 0 Å². The number of fused-ring (bicyclic) bond motifs is 2. The van der Waals surface area contributed by atoms with E-state index in [2.05, 4.69) is 47.7 Å². The summed E-state index contributed by atoms with van der Waals surface area (Å²) in [5.41, 5.74) is 5.74. The van der Waals surface area contributed by atoms with Crippen LogP contribution < -0.4 is 9.45 Å². The van der Waals surface area contributed by atoms with Crippen LogP contribution in [0.5, 0.6) is 0 Å². The number of allylic oxidation sites excluding steroid dienone is 2. The second kappa shape index (κ2) is 7.77. The van der Waals surface area contributed by atoms with Gasteiger partial charge in [-0.2, -0.15) is 9.88 Å². The van der Waals surface area contributed by atoms with Gasteiger partial charge in [-0.05, 0) is 67.7 Å². The Morgan fingerprint density at radius 2 is 1.61 bits per heavy atom. The first-order valence-electron chi connectivity index (χ1n) is 12.4. The molecule has 1 atom stereocenters. The maximum Gasteiger partial charge on any atom is 0.316 e. The van der Waals surface area contributed by atoms with E-state index < -0.39 is 7.44 Å². The average molecular weight is 461 g/mol. The molecule has 0 aromatic heterocycles. The van der Waals surface area contributed by atoms with E-state index in [1.54, 1.807) is 0 Å². The van der Waals surface area contributed by atoms with Crippen molar-refractivity contribution < 1.29 is 4.57 Å². The molecular formula is C27H33N4OP. The fourth-order valence-electron chi connectivity index (χ4n) is 6.03. The van der Waals surface area contributed by atoms with Crippen LogP contribution in [0.25, 0.3) is 0 Å². The third kappa shape index (κ3) is 3.35. The molecule has 3 heterocycles. The van der Waals surface area contributed by atoms with Crippen molar-refractivity contribution in [3.05, 3.63) is 71.2 Å². The summed E-state index contributed by atoms with van der Waals surface area (Å²) in [6.07, 6.45) is 6.30. The van der Waals surface area contributed by atoms with Crippen molar-refractivity contribution in [1.29, 1.82) is 0 Å². The minimum atomic E-state index is -3.21. The zero-order valence-electron chi connectivity index (χ0n) is 19.7. The van der Waals surface area contributed by atoms with Crippen molar-refractivity contribution in [3.63, 3.8) is 0 Å². The molecular weight excluding hydrogens is 427 g/mol. The number of aryl methyl sites for hydroxylation is 1. The number of benzene rings is 2. The Morgan fingerprint density at radius 1 is 0.879 bits per heavy atom. The van der Waals surface area contributed by atoms with Crippen LogP contribution in [0.4, 0.5) is 11.4 Å². The summed E-state index contributed by atoms with van der Waals surface area (Å²) in [5, 5.41) is 6.19. The highest BCUT2D eigenvalue weighted by Crippen LogP contribution is 2.70. The number of rotatable bonds is 3. The number of hydrogen-bond donors (Lipinski definition) is 0. The number of hydrazone groups is 1. The van der Waals surface area contributed by atoms with Crippen LogP contribution in [-0.2, 0) is 11.0 Å². The maximum atomic E-state index is 15.7. The van der Waals surface area contributed by atoms with E-state index in [0.29, 0.717) is 0 Å². The van der Waals surface area contributed by atoms with Gasteiger partial charge in [0.25, 0.3) is 0 Å². The first kappa shape index (κ1) is 21.0. The molecule has 5 nitrogen and oxygen atoms in total. The molecule has 1 aliphatic carbocycles. The summed E-state index contributed by atoms with van der Waals surface area (Å²) < 4.78 is 19.8. The van der Waals surface area contributed by atoms with Crippen LogP contribution in [0.2, 0.25) is 0 Å². The Labute approximate surface area is 197 Å². The number of anilines is 2. The predicted octanol–water partition coefficient (Wildman–Crippen LogP) is 6.64. The maximum absolute atomic E-state index is 15.7. The normalized spacial score (nSPS) is 26.4. The molecule has 0 amide bonds. The van der Waals surface area contributed by atoms with E-state index in [-0.39, 0.29) is 5.41 Å². The number of nitrogens with zero attached hydrogens (tertiary/aromatic N) is 4. The first-order chi connectivity index (χ1) is 16.0. The number of para-hydroxylation sites is 2. The quantitative estimate of drug-likeness (QED) is 0.482. The van der Waals surface area contributed by atoms with Gasteiger partial charge in [-0.25, -0.2) is 0 Å². The molecule has 1 saturated heterocycles. The molecule has 4 aliphatic rings. The summed E-state index contributed by atoms with van der Waals surface area (Å²) in [6.45, 7) is 7.57. The van der Waals surface area contributed by atoms with E-state index in [1.165, 1.54) is 24.1 Å². The molecule has 0 N–H and O–H groups in total. The molecule has 1 unspecified atom stereocenters. The van der Waals surface area contributed by atoms with Gasteiger partial charge in [0, 0.05) is 31.0 Å². The van der Waals surface area contributed by atoms with Gasteiger partial charge in [0.15, 0.2) is 0 Å². The Morgan fingerprint density at radius 3 is 2.39 bits per heavy atom. The number of likely N-dealkylation sites (tertiary alicyclic amines) is 1. The standard InChI is InChI=1S/C27H33N4OP/c1-27(2)19-23-26(25(20-27)29-16-8-9-17-29)33(32,31(28-23)22-13-4-3-5-14-22)30-18-10-12-21-11-6-7-15-24(21)30/h3-7,11,13-15H,8-10,12,16-20H2,1-2H3. The molecule has 172 valence electrons. The highest BCUT2D eigenvalue weighted by atomic mass is 31.2. The molecule has 2 aromatic carbocycles. The Balaban J connectivity index is 1.60. The molecule has 2 aromatic rings. The lowest BCUT2D eigenvalue weighted by molar-refractivity contribution is 0.304. The van der Waals surface area contributed by atoms with Crippen LogP contribution in [0.1, 0.15) is 51.5 Å². The van der Waals surface area contributed by atoms with Gasteiger partial charge in [0.05, 0.1) is 16.7 Å². The lowest BCUT2D eigenvalue weighted by Crippen LogP contribution is -2.36. The molecule has 0 radical (unpaired) electrons. The summed E-state index contributed by atoms with van der Waals surface area (Å²) in [4.78, 5) is 2.52.